The SMILES string of the molecule is Cc1noc(C)c1CNC(=O)NCCN1CCc2sccc2C1. The Morgan fingerprint density at radius 3 is 3.09 bits per heavy atom. The van der Waals surface area contributed by atoms with Gasteiger partial charge in [0, 0.05) is 43.2 Å². The number of carbonyl (C=O) groups is 1. The number of hydrogen-bond donors (Lipinski definition) is 2. The molecule has 1 aliphatic heterocycles. The van der Waals surface area contributed by atoms with Gasteiger partial charge in [0.25, 0.3) is 0 Å². The summed E-state index contributed by atoms with van der Waals surface area (Å²) in [6.07, 6.45) is 1.12. The van der Waals surface area contributed by atoms with E-state index in [1.165, 1.54) is 10.4 Å². The fraction of sp³-hybridized carbons (Fsp3) is 0.500. The molecule has 2 aromatic rings. The number of urea groups is 1. The fourth-order valence-electron chi connectivity index (χ4n) is 2.81. The molecule has 3 heterocycles. The van der Waals surface area contributed by atoms with Crippen LogP contribution in [-0.2, 0) is 19.5 Å². The first-order valence-corrected chi connectivity index (χ1v) is 8.72. The molecule has 0 saturated carbocycles. The second-order valence-electron chi connectivity index (χ2n) is 5.81. The molecule has 0 aliphatic carbocycles. The molecule has 0 spiro atoms. The third-order valence-electron chi connectivity index (χ3n) is 4.21. The maximum absolute atomic E-state index is 11.9. The molecule has 124 valence electrons. The van der Waals surface area contributed by atoms with E-state index >= 15 is 0 Å². The zero-order valence-corrected chi connectivity index (χ0v) is 14.3. The van der Waals surface area contributed by atoms with Crippen molar-refractivity contribution in [3.05, 3.63) is 38.9 Å². The molecule has 23 heavy (non-hydrogen) atoms. The van der Waals surface area contributed by atoms with Crippen molar-refractivity contribution in [3.8, 4) is 0 Å². The van der Waals surface area contributed by atoms with E-state index in [4.69, 9.17) is 4.52 Å². The molecule has 6 nitrogen and oxygen atoms in total. The van der Waals surface area contributed by atoms with Crippen LogP contribution in [0.3, 0.4) is 0 Å². The van der Waals surface area contributed by atoms with Crippen LogP contribution in [0.1, 0.15) is 27.5 Å². The van der Waals surface area contributed by atoms with Gasteiger partial charge in [-0.1, -0.05) is 5.16 Å². The lowest BCUT2D eigenvalue weighted by molar-refractivity contribution is 0.231. The van der Waals surface area contributed by atoms with Gasteiger partial charge in [0.1, 0.15) is 5.76 Å². The van der Waals surface area contributed by atoms with Gasteiger partial charge in [0.15, 0.2) is 0 Å². The van der Waals surface area contributed by atoms with Crippen LogP contribution in [0.2, 0.25) is 0 Å². The van der Waals surface area contributed by atoms with Gasteiger partial charge >= 0.3 is 6.03 Å². The second kappa shape index (κ2) is 7.14. The van der Waals surface area contributed by atoms with Crippen molar-refractivity contribution < 1.29 is 9.32 Å². The van der Waals surface area contributed by atoms with Gasteiger partial charge in [-0.25, -0.2) is 4.79 Å². The first kappa shape index (κ1) is 16.0. The highest BCUT2D eigenvalue weighted by Crippen LogP contribution is 2.23. The molecule has 2 aromatic heterocycles. The summed E-state index contributed by atoms with van der Waals surface area (Å²) in [6, 6.07) is 2.05. The van der Waals surface area contributed by atoms with Crippen molar-refractivity contribution in [1.82, 2.24) is 20.7 Å². The van der Waals surface area contributed by atoms with Crippen molar-refractivity contribution in [3.63, 3.8) is 0 Å². The van der Waals surface area contributed by atoms with Crippen LogP contribution in [0, 0.1) is 13.8 Å². The number of aryl methyl sites for hydroxylation is 2. The summed E-state index contributed by atoms with van der Waals surface area (Å²) < 4.78 is 5.08. The lowest BCUT2D eigenvalue weighted by Gasteiger charge is -2.26. The highest BCUT2D eigenvalue weighted by Gasteiger charge is 2.16. The number of nitrogens with one attached hydrogen (secondary N) is 2. The number of thiophene rings is 1. The minimum absolute atomic E-state index is 0.154. The maximum atomic E-state index is 11.9. The minimum Gasteiger partial charge on any atom is -0.361 e. The molecule has 0 radical (unpaired) electrons. The summed E-state index contributed by atoms with van der Waals surface area (Å²) in [5.41, 5.74) is 3.20. The van der Waals surface area contributed by atoms with Gasteiger partial charge in [0.05, 0.1) is 5.69 Å². The predicted molar refractivity (Wildman–Crippen MR) is 89.5 cm³/mol. The number of rotatable bonds is 5. The van der Waals surface area contributed by atoms with E-state index in [9.17, 15) is 4.79 Å². The Morgan fingerprint density at radius 2 is 2.30 bits per heavy atom. The Kier molecular flexibility index (Phi) is 4.97. The molecule has 0 unspecified atom stereocenters. The molecule has 0 fully saturated rings. The zero-order valence-electron chi connectivity index (χ0n) is 13.5. The van der Waals surface area contributed by atoms with Crippen LogP contribution >= 0.6 is 11.3 Å². The Balaban J connectivity index is 1.37. The van der Waals surface area contributed by atoms with Crippen LogP contribution in [0.5, 0.6) is 0 Å². The van der Waals surface area contributed by atoms with E-state index in [0.717, 1.165) is 43.1 Å². The Bertz CT molecular complexity index is 660. The number of amides is 2. The number of hydrogen-bond acceptors (Lipinski definition) is 5. The number of aromatic nitrogens is 1. The van der Waals surface area contributed by atoms with Crippen molar-refractivity contribution in [2.75, 3.05) is 19.6 Å². The first-order valence-electron chi connectivity index (χ1n) is 7.84. The van der Waals surface area contributed by atoms with Crippen LogP contribution in [0.25, 0.3) is 0 Å². The molecular weight excluding hydrogens is 312 g/mol. The summed E-state index contributed by atoms with van der Waals surface area (Å²) >= 11 is 1.84. The van der Waals surface area contributed by atoms with Gasteiger partial charge in [-0.2, -0.15) is 0 Å². The molecule has 2 amide bonds. The fourth-order valence-corrected chi connectivity index (χ4v) is 3.70. The summed E-state index contributed by atoms with van der Waals surface area (Å²) in [7, 11) is 0. The first-order chi connectivity index (χ1) is 11.1. The molecule has 7 heteroatoms. The highest BCUT2D eigenvalue weighted by molar-refractivity contribution is 7.10. The third kappa shape index (κ3) is 3.92. The Hall–Kier alpha value is -1.86. The summed E-state index contributed by atoms with van der Waals surface area (Å²) in [5.74, 6) is 0.752. The molecule has 1 aliphatic rings. The molecule has 0 aromatic carbocycles. The van der Waals surface area contributed by atoms with E-state index < -0.39 is 0 Å². The van der Waals surface area contributed by atoms with Crippen LogP contribution in [0.15, 0.2) is 16.0 Å². The van der Waals surface area contributed by atoms with E-state index in [0.29, 0.717) is 13.1 Å². The zero-order chi connectivity index (χ0) is 16.2. The largest absolute Gasteiger partial charge is 0.361 e. The molecular formula is C16H22N4O2S. The Morgan fingerprint density at radius 1 is 1.43 bits per heavy atom. The minimum atomic E-state index is -0.154. The molecule has 3 rings (SSSR count). The summed E-state index contributed by atoms with van der Waals surface area (Å²) in [5, 5.41) is 11.8. The predicted octanol–water partition coefficient (Wildman–Crippen LogP) is 2.21. The van der Waals surface area contributed by atoms with Crippen LogP contribution < -0.4 is 10.6 Å². The average Bonchev–Trinajstić information content (AvgIpc) is 3.12. The van der Waals surface area contributed by atoms with Gasteiger partial charge in [0.2, 0.25) is 0 Å². The number of nitrogens with zero attached hydrogens (tertiary/aromatic N) is 2. The summed E-state index contributed by atoms with van der Waals surface area (Å²) in [4.78, 5) is 15.8. The smallest absolute Gasteiger partial charge is 0.315 e. The normalized spacial score (nSPS) is 14.5. The van der Waals surface area contributed by atoms with Gasteiger partial charge in [-0.15, -0.1) is 11.3 Å². The standard InChI is InChI=1S/C16H22N4O2S/c1-11-14(12(2)22-19-11)9-18-16(21)17-5-7-20-6-3-15-13(10-20)4-8-23-15/h4,8H,3,5-7,9-10H2,1-2H3,(H2,17,18,21). The van der Waals surface area contributed by atoms with Gasteiger partial charge < -0.3 is 15.2 Å². The average molecular weight is 334 g/mol. The second-order valence-corrected chi connectivity index (χ2v) is 6.81. The van der Waals surface area contributed by atoms with Crippen LogP contribution in [-0.4, -0.2) is 35.7 Å². The Labute approximate surface area is 139 Å². The van der Waals surface area contributed by atoms with E-state index in [-0.39, 0.29) is 6.03 Å². The summed E-state index contributed by atoms with van der Waals surface area (Å²) in [6.45, 7) is 7.73. The highest BCUT2D eigenvalue weighted by atomic mass is 32.1. The van der Waals surface area contributed by atoms with Crippen molar-refractivity contribution >= 4 is 17.4 Å². The molecule has 2 N–H and O–H groups in total. The number of fused-ring (bicyclic) bond motifs is 1. The van der Waals surface area contributed by atoms with E-state index in [2.05, 4.69) is 32.1 Å². The lowest BCUT2D eigenvalue weighted by Crippen LogP contribution is -2.41. The molecule has 0 bridgehead atoms. The van der Waals surface area contributed by atoms with Crippen molar-refractivity contribution in [1.29, 1.82) is 0 Å². The van der Waals surface area contributed by atoms with E-state index in [1.54, 1.807) is 0 Å². The molecule has 0 atom stereocenters. The quantitative estimate of drug-likeness (QED) is 0.879. The van der Waals surface area contributed by atoms with Gasteiger partial charge in [-0.05, 0) is 37.3 Å². The topological polar surface area (TPSA) is 70.4 Å². The monoisotopic (exact) mass is 334 g/mol. The van der Waals surface area contributed by atoms with Crippen LogP contribution in [0.4, 0.5) is 4.79 Å². The lowest BCUT2D eigenvalue weighted by atomic mass is 10.1. The maximum Gasteiger partial charge on any atom is 0.315 e. The van der Waals surface area contributed by atoms with E-state index in [1.807, 2.05) is 25.2 Å². The van der Waals surface area contributed by atoms with Gasteiger partial charge in [-0.3, -0.25) is 4.90 Å². The van der Waals surface area contributed by atoms with Crippen molar-refractivity contribution in [2.45, 2.75) is 33.4 Å². The third-order valence-corrected chi connectivity index (χ3v) is 5.23. The van der Waals surface area contributed by atoms with Crippen molar-refractivity contribution in [2.24, 2.45) is 0 Å². The molecule has 0 saturated heterocycles. The number of carbonyl (C=O) groups excluding carboxylic acids is 1.